The molecule has 1 aromatic heterocycles. The number of nitrogens with zero attached hydrogens (tertiary/aromatic N) is 2. The van der Waals surface area contributed by atoms with Gasteiger partial charge < -0.3 is 11.1 Å². The lowest BCUT2D eigenvalue weighted by molar-refractivity contribution is 0.417. The molecule has 1 saturated carbocycles. The average Bonchev–Trinajstić information content (AvgIpc) is 2.17. The van der Waals surface area contributed by atoms with Crippen molar-refractivity contribution in [3.05, 3.63) is 18.0 Å². The minimum absolute atomic E-state index is 0.0489. The lowest BCUT2D eigenvalue weighted by Gasteiger charge is -2.27. The van der Waals surface area contributed by atoms with Crippen LogP contribution in [-0.2, 0) is 0 Å². The number of nitrogens with two attached hydrogens (primary N) is 1. The molecule has 0 atom stereocenters. The van der Waals surface area contributed by atoms with Crippen molar-refractivity contribution in [1.29, 1.82) is 0 Å². The highest BCUT2D eigenvalue weighted by atomic mass is 15.1. The predicted octanol–water partition coefficient (Wildman–Crippen LogP) is 2.28. The van der Waals surface area contributed by atoms with Gasteiger partial charge in [0.1, 0.15) is 0 Å². The minimum atomic E-state index is -0.0489. The second-order valence-electron chi connectivity index (χ2n) is 5.52. The fourth-order valence-corrected chi connectivity index (χ4v) is 2.08. The molecular weight excluding hydrogens is 212 g/mol. The summed E-state index contributed by atoms with van der Waals surface area (Å²) in [5.41, 5.74) is 6.80. The van der Waals surface area contributed by atoms with Gasteiger partial charge in [0.2, 0.25) is 5.95 Å². The van der Waals surface area contributed by atoms with Crippen molar-refractivity contribution in [2.24, 2.45) is 5.73 Å². The SMILES string of the molecule is CC(C)(CCN)Nc1ncc(C2CCC2)cn1. The van der Waals surface area contributed by atoms with Crippen LogP contribution in [0.2, 0.25) is 0 Å². The van der Waals surface area contributed by atoms with Gasteiger partial charge in [-0.15, -0.1) is 0 Å². The van der Waals surface area contributed by atoms with E-state index in [2.05, 4.69) is 29.1 Å². The Morgan fingerprint density at radius 2 is 2.00 bits per heavy atom. The molecule has 94 valence electrons. The molecule has 1 fully saturated rings. The molecule has 0 radical (unpaired) electrons. The van der Waals surface area contributed by atoms with E-state index >= 15 is 0 Å². The van der Waals surface area contributed by atoms with E-state index in [0.29, 0.717) is 18.4 Å². The summed E-state index contributed by atoms with van der Waals surface area (Å²) in [6.07, 6.45) is 8.73. The topological polar surface area (TPSA) is 63.8 Å². The van der Waals surface area contributed by atoms with Crippen LogP contribution < -0.4 is 11.1 Å². The molecular formula is C13H22N4. The Bertz CT molecular complexity index is 354. The summed E-state index contributed by atoms with van der Waals surface area (Å²) < 4.78 is 0. The number of nitrogens with one attached hydrogen (secondary N) is 1. The van der Waals surface area contributed by atoms with Gasteiger partial charge in [-0.3, -0.25) is 0 Å². The molecule has 0 saturated heterocycles. The lowest BCUT2D eigenvalue weighted by atomic mass is 9.81. The van der Waals surface area contributed by atoms with E-state index < -0.39 is 0 Å². The maximum Gasteiger partial charge on any atom is 0.223 e. The van der Waals surface area contributed by atoms with Gasteiger partial charge in [-0.2, -0.15) is 0 Å². The Morgan fingerprint density at radius 1 is 1.35 bits per heavy atom. The Hall–Kier alpha value is -1.16. The van der Waals surface area contributed by atoms with Gasteiger partial charge in [0, 0.05) is 17.9 Å². The summed E-state index contributed by atoms with van der Waals surface area (Å²) in [5.74, 6) is 1.40. The van der Waals surface area contributed by atoms with Crippen molar-refractivity contribution in [2.45, 2.75) is 51.0 Å². The first kappa shape index (κ1) is 12.3. The zero-order chi connectivity index (χ0) is 12.3. The standard InChI is InChI=1S/C13H22N4/c1-13(2,6-7-14)17-12-15-8-11(9-16-12)10-4-3-5-10/h8-10H,3-7,14H2,1-2H3,(H,15,16,17). The minimum Gasteiger partial charge on any atom is -0.349 e. The van der Waals surface area contributed by atoms with Crippen LogP contribution in [0, 0.1) is 0 Å². The zero-order valence-corrected chi connectivity index (χ0v) is 10.7. The number of hydrogen-bond acceptors (Lipinski definition) is 4. The molecule has 1 heterocycles. The predicted molar refractivity (Wildman–Crippen MR) is 70.0 cm³/mol. The van der Waals surface area contributed by atoms with E-state index in [1.165, 1.54) is 24.8 Å². The summed E-state index contributed by atoms with van der Waals surface area (Å²) in [5, 5.41) is 3.32. The summed E-state index contributed by atoms with van der Waals surface area (Å²) >= 11 is 0. The summed E-state index contributed by atoms with van der Waals surface area (Å²) in [6, 6.07) is 0. The van der Waals surface area contributed by atoms with E-state index in [-0.39, 0.29) is 5.54 Å². The normalized spacial score (nSPS) is 16.6. The third kappa shape index (κ3) is 3.16. The Morgan fingerprint density at radius 3 is 2.47 bits per heavy atom. The lowest BCUT2D eigenvalue weighted by Crippen LogP contribution is -2.34. The molecule has 1 aliphatic rings. The molecule has 3 N–H and O–H groups in total. The van der Waals surface area contributed by atoms with Crippen LogP contribution in [0.5, 0.6) is 0 Å². The highest BCUT2D eigenvalue weighted by Crippen LogP contribution is 2.35. The van der Waals surface area contributed by atoms with E-state index in [4.69, 9.17) is 5.73 Å². The highest BCUT2D eigenvalue weighted by Gasteiger charge is 2.21. The van der Waals surface area contributed by atoms with Crippen molar-refractivity contribution < 1.29 is 0 Å². The maximum atomic E-state index is 5.58. The van der Waals surface area contributed by atoms with Gasteiger partial charge in [0.25, 0.3) is 0 Å². The van der Waals surface area contributed by atoms with Crippen molar-refractivity contribution >= 4 is 5.95 Å². The molecule has 17 heavy (non-hydrogen) atoms. The zero-order valence-electron chi connectivity index (χ0n) is 10.7. The van der Waals surface area contributed by atoms with Crippen molar-refractivity contribution in [3.63, 3.8) is 0 Å². The van der Waals surface area contributed by atoms with Gasteiger partial charge in [0.05, 0.1) is 0 Å². The molecule has 0 bridgehead atoms. The third-order valence-electron chi connectivity index (χ3n) is 3.47. The number of rotatable bonds is 5. The molecule has 0 spiro atoms. The van der Waals surface area contributed by atoms with Gasteiger partial charge in [-0.1, -0.05) is 6.42 Å². The van der Waals surface area contributed by atoms with E-state index in [1.54, 1.807) is 0 Å². The van der Waals surface area contributed by atoms with Crippen LogP contribution >= 0.6 is 0 Å². The third-order valence-corrected chi connectivity index (χ3v) is 3.47. The number of aromatic nitrogens is 2. The quantitative estimate of drug-likeness (QED) is 0.820. The fourth-order valence-electron chi connectivity index (χ4n) is 2.08. The molecule has 1 aromatic rings. The monoisotopic (exact) mass is 234 g/mol. The van der Waals surface area contributed by atoms with Crippen LogP contribution in [0.3, 0.4) is 0 Å². The molecule has 4 heteroatoms. The van der Waals surface area contributed by atoms with Crippen LogP contribution in [0.15, 0.2) is 12.4 Å². The Kier molecular flexibility index (Phi) is 3.62. The van der Waals surface area contributed by atoms with Crippen molar-refractivity contribution in [3.8, 4) is 0 Å². The molecule has 2 rings (SSSR count). The first-order valence-corrected chi connectivity index (χ1v) is 6.41. The second kappa shape index (κ2) is 5.00. The largest absolute Gasteiger partial charge is 0.349 e. The van der Waals surface area contributed by atoms with Crippen molar-refractivity contribution in [2.75, 3.05) is 11.9 Å². The second-order valence-corrected chi connectivity index (χ2v) is 5.52. The fraction of sp³-hybridized carbons (Fsp3) is 0.692. The number of hydrogen-bond donors (Lipinski definition) is 2. The van der Waals surface area contributed by atoms with Crippen LogP contribution in [0.1, 0.15) is 51.0 Å². The first-order chi connectivity index (χ1) is 8.11. The molecule has 0 amide bonds. The number of anilines is 1. The van der Waals surface area contributed by atoms with E-state index in [9.17, 15) is 0 Å². The van der Waals surface area contributed by atoms with E-state index in [1.807, 2.05) is 12.4 Å². The van der Waals surface area contributed by atoms with Gasteiger partial charge >= 0.3 is 0 Å². The van der Waals surface area contributed by atoms with Gasteiger partial charge in [0.15, 0.2) is 0 Å². The summed E-state index contributed by atoms with van der Waals surface area (Å²) in [7, 11) is 0. The van der Waals surface area contributed by atoms with Crippen LogP contribution in [-0.4, -0.2) is 22.1 Å². The summed E-state index contributed by atoms with van der Waals surface area (Å²) in [6.45, 7) is 4.90. The van der Waals surface area contributed by atoms with E-state index in [0.717, 1.165) is 6.42 Å². The molecule has 4 nitrogen and oxygen atoms in total. The Labute approximate surface area is 103 Å². The maximum absolute atomic E-state index is 5.58. The van der Waals surface area contributed by atoms with Gasteiger partial charge in [-0.25, -0.2) is 9.97 Å². The highest BCUT2D eigenvalue weighted by molar-refractivity contribution is 5.29. The van der Waals surface area contributed by atoms with Gasteiger partial charge in [-0.05, 0) is 51.1 Å². The van der Waals surface area contributed by atoms with Crippen molar-refractivity contribution in [1.82, 2.24) is 9.97 Å². The molecule has 0 unspecified atom stereocenters. The smallest absolute Gasteiger partial charge is 0.223 e. The molecule has 0 aliphatic heterocycles. The Balaban J connectivity index is 1.97. The molecule has 1 aliphatic carbocycles. The molecule has 0 aromatic carbocycles. The first-order valence-electron chi connectivity index (χ1n) is 6.41. The van der Waals surface area contributed by atoms with Crippen LogP contribution in [0.4, 0.5) is 5.95 Å². The average molecular weight is 234 g/mol. The van der Waals surface area contributed by atoms with Crippen LogP contribution in [0.25, 0.3) is 0 Å². The summed E-state index contributed by atoms with van der Waals surface area (Å²) in [4.78, 5) is 8.77.